The number of hydrogen-bond donors (Lipinski definition) is 1. The van der Waals surface area contributed by atoms with E-state index in [1.807, 2.05) is 0 Å². The zero-order chi connectivity index (χ0) is 24.8. The molecule has 180 valence electrons. The van der Waals surface area contributed by atoms with Crippen LogP contribution in [0.3, 0.4) is 0 Å². The van der Waals surface area contributed by atoms with Crippen molar-refractivity contribution < 1.29 is 22.8 Å². The Bertz CT molecular complexity index is 1390. The highest BCUT2D eigenvalue weighted by atomic mass is 35.5. The van der Waals surface area contributed by atoms with E-state index in [1.54, 1.807) is 24.3 Å². The summed E-state index contributed by atoms with van der Waals surface area (Å²) in [7, 11) is 0. The second kappa shape index (κ2) is 11.0. The number of alkyl halides is 1. The summed E-state index contributed by atoms with van der Waals surface area (Å²) in [5, 5.41) is 10.5. The fourth-order valence-electron chi connectivity index (χ4n) is 3.17. The lowest BCUT2D eigenvalue weighted by Gasteiger charge is -2.08. The smallest absolute Gasteiger partial charge is 0.328 e. The maximum atomic E-state index is 13.6. The van der Waals surface area contributed by atoms with Gasteiger partial charge in [-0.1, -0.05) is 23.4 Å². The van der Waals surface area contributed by atoms with Crippen molar-refractivity contribution in [2.24, 2.45) is 0 Å². The van der Waals surface area contributed by atoms with Crippen molar-refractivity contribution in [3.63, 3.8) is 0 Å². The van der Waals surface area contributed by atoms with Crippen LogP contribution >= 0.6 is 11.6 Å². The van der Waals surface area contributed by atoms with Gasteiger partial charge in [0.25, 0.3) is 11.5 Å². The molecule has 9 nitrogen and oxygen atoms in total. The third kappa shape index (κ3) is 6.34. The molecule has 12 heteroatoms. The van der Waals surface area contributed by atoms with Crippen LogP contribution in [0.2, 0.25) is 0 Å². The molecule has 0 aliphatic rings. The monoisotopic (exact) mass is 501 g/mol. The lowest BCUT2D eigenvalue weighted by atomic mass is 10.1. The molecule has 0 aliphatic heterocycles. The minimum atomic E-state index is -0.745. The minimum Gasteiger partial charge on any atom is -0.370 e. The zero-order valence-corrected chi connectivity index (χ0v) is 18.8. The number of rotatable bonds is 9. The van der Waals surface area contributed by atoms with Gasteiger partial charge in [-0.25, -0.2) is 13.5 Å². The first-order valence-electron chi connectivity index (χ1n) is 10.3. The van der Waals surface area contributed by atoms with Gasteiger partial charge in [-0.15, -0.1) is 11.6 Å². The summed E-state index contributed by atoms with van der Waals surface area (Å²) < 4.78 is 38.5. The molecule has 0 aliphatic carbocycles. The van der Waals surface area contributed by atoms with Crippen LogP contribution in [-0.2, 0) is 16.1 Å². The van der Waals surface area contributed by atoms with Crippen molar-refractivity contribution in [2.75, 3.05) is 24.4 Å². The first-order valence-corrected chi connectivity index (χ1v) is 10.9. The molecule has 1 amide bonds. The molecular weight excluding hydrogens is 484 g/mol. The number of carbonyl (C=O) groups is 1. The second-order valence-electron chi connectivity index (χ2n) is 7.29. The van der Waals surface area contributed by atoms with Gasteiger partial charge < -0.3 is 9.26 Å². The normalized spacial score (nSPS) is 10.9. The fourth-order valence-corrected chi connectivity index (χ4v) is 3.27. The topological polar surface area (TPSA) is 112 Å². The van der Waals surface area contributed by atoms with Crippen LogP contribution in [0.1, 0.15) is 5.56 Å². The molecule has 0 spiro atoms. The molecule has 1 N–H and O–H groups in total. The number of benzene rings is 2. The first-order chi connectivity index (χ1) is 16.9. The van der Waals surface area contributed by atoms with Crippen LogP contribution in [0.4, 0.5) is 14.8 Å². The van der Waals surface area contributed by atoms with Crippen LogP contribution in [0, 0.1) is 11.6 Å². The Morgan fingerprint density at radius 2 is 1.89 bits per heavy atom. The SMILES string of the molecule is O=C(COCCCl)Nc1nc(-c2cccc(Cn3nc(-c4cc(F)cc(F)c4)ccc3=O)c2)no1. The molecule has 0 saturated carbocycles. The van der Waals surface area contributed by atoms with Crippen molar-refractivity contribution in [3.05, 3.63) is 82.1 Å². The number of halogens is 3. The Labute approximate surface area is 202 Å². The number of amides is 1. The second-order valence-corrected chi connectivity index (χ2v) is 7.66. The van der Waals surface area contributed by atoms with Crippen molar-refractivity contribution >= 4 is 23.5 Å². The number of hydrogen-bond acceptors (Lipinski definition) is 7. The van der Waals surface area contributed by atoms with Crippen molar-refractivity contribution in [3.8, 4) is 22.6 Å². The molecule has 0 saturated heterocycles. The van der Waals surface area contributed by atoms with Crippen molar-refractivity contribution in [1.29, 1.82) is 0 Å². The van der Waals surface area contributed by atoms with Gasteiger partial charge >= 0.3 is 6.01 Å². The van der Waals surface area contributed by atoms with Gasteiger partial charge in [0.05, 0.1) is 18.8 Å². The summed E-state index contributed by atoms with van der Waals surface area (Å²) in [5.41, 5.74) is 1.32. The molecule has 0 fully saturated rings. The van der Waals surface area contributed by atoms with E-state index in [0.29, 0.717) is 11.1 Å². The molecule has 2 aromatic heterocycles. The lowest BCUT2D eigenvalue weighted by molar-refractivity contribution is -0.120. The molecule has 0 radical (unpaired) electrons. The van der Waals surface area contributed by atoms with Gasteiger partial charge in [0.1, 0.15) is 18.2 Å². The van der Waals surface area contributed by atoms with E-state index in [1.165, 1.54) is 16.8 Å². The Balaban J connectivity index is 1.51. The van der Waals surface area contributed by atoms with E-state index < -0.39 is 23.1 Å². The van der Waals surface area contributed by atoms with Crippen LogP contribution < -0.4 is 10.9 Å². The Hall–Kier alpha value is -3.96. The third-order valence-corrected chi connectivity index (χ3v) is 4.82. The highest BCUT2D eigenvalue weighted by Gasteiger charge is 2.13. The summed E-state index contributed by atoms with van der Waals surface area (Å²) in [4.78, 5) is 28.3. The standard InChI is InChI=1S/C23H18ClF2N5O4/c24-6-7-34-13-20(32)27-23-28-22(30-35-23)15-3-1-2-14(8-15)12-31-21(33)5-4-19(29-31)16-9-17(25)11-18(26)10-16/h1-5,8-11H,6-7,12-13H2,(H,27,28,30,32). The highest BCUT2D eigenvalue weighted by molar-refractivity contribution is 6.18. The number of nitrogens with one attached hydrogen (secondary N) is 1. The van der Waals surface area contributed by atoms with E-state index in [0.717, 1.165) is 18.2 Å². The predicted molar refractivity (Wildman–Crippen MR) is 123 cm³/mol. The van der Waals surface area contributed by atoms with Gasteiger partial charge in [-0.3, -0.25) is 14.9 Å². The van der Waals surface area contributed by atoms with Gasteiger partial charge in [-0.05, 0) is 29.8 Å². The Kier molecular flexibility index (Phi) is 7.58. The highest BCUT2D eigenvalue weighted by Crippen LogP contribution is 2.21. The third-order valence-electron chi connectivity index (χ3n) is 4.67. The van der Waals surface area contributed by atoms with Crippen LogP contribution in [0.15, 0.2) is 63.9 Å². The average molecular weight is 502 g/mol. The Morgan fingerprint density at radius 3 is 2.66 bits per heavy atom. The largest absolute Gasteiger partial charge is 0.370 e. The van der Waals surface area contributed by atoms with E-state index >= 15 is 0 Å². The summed E-state index contributed by atoms with van der Waals surface area (Å²) in [6, 6.07) is 12.6. The Morgan fingerprint density at radius 1 is 1.09 bits per heavy atom. The van der Waals surface area contributed by atoms with E-state index in [9.17, 15) is 18.4 Å². The summed E-state index contributed by atoms with van der Waals surface area (Å²) in [6.45, 7) is 0.109. The lowest BCUT2D eigenvalue weighted by Crippen LogP contribution is -2.22. The molecule has 4 rings (SSSR count). The summed E-state index contributed by atoms with van der Waals surface area (Å²) in [5.74, 6) is -1.48. The molecular formula is C23H18ClF2N5O4. The molecule has 0 bridgehead atoms. The molecule has 2 heterocycles. The van der Waals surface area contributed by atoms with Crippen LogP contribution in [-0.4, -0.2) is 44.9 Å². The van der Waals surface area contributed by atoms with E-state index in [2.05, 4.69) is 20.6 Å². The van der Waals surface area contributed by atoms with Gasteiger partial charge in [0, 0.05) is 29.1 Å². The number of anilines is 1. The maximum absolute atomic E-state index is 13.6. The zero-order valence-electron chi connectivity index (χ0n) is 18.1. The number of ether oxygens (including phenoxy) is 1. The minimum absolute atomic E-state index is 0.0810. The van der Waals surface area contributed by atoms with Gasteiger partial charge in [-0.2, -0.15) is 10.1 Å². The quantitative estimate of drug-likeness (QED) is 0.276. The van der Waals surface area contributed by atoms with Gasteiger partial charge in [0.2, 0.25) is 5.82 Å². The van der Waals surface area contributed by atoms with Gasteiger partial charge in [0.15, 0.2) is 0 Å². The number of carbonyl (C=O) groups excluding carboxylic acids is 1. The first kappa shape index (κ1) is 24.2. The molecule has 35 heavy (non-hydrogen) atoms. The fraction of sp³-hybridized carbons (Fsp3) is 0.174. The molecule has 4 aromatic rings. The molecule has 0 atom stereocenters. The molecule has 0 unspecified atom stereocenters. The number of nitrogens with zero attached hydrogens (tertiary/aromatic N) is 4. The number of aromatic nitrogens is 4. The predicted octanol–water partition coefficient (Wildman–Crippen LogP) is 3.48. The molecule has 2 aromatic carbocycles. The van der Waals surface area contributed by atoms with Crippen LogP contribution in [0.5, 0.6) is 0 Å². The van der Waals surface area contributed by atoms with Crippen molar-refractivity contribution in [2.45, 2.75) is 6.54 Å². The van der Waals surface area contributed by atoms with Crippen LogP contribution in [0.25, 0.3) is 22.6 Å². The average Bonchev–Trinajstić information content (AvgIpc) is 3.29. The summed E-state index contributed by atoms with van der Waals surface area (Å²) in [6.07, 6.45) is 0. The summed E-state index contributed by atoms with van der Waals surface area (Å²) >= 11 is 5.49. The van der Waals surface area contributed by atoms with Crippen molar-refractivity contribution in [1.82, 2.24) is 19.9 Å². The van der Waals surface area contributed by atoms with E-state index in [4.69, 9.17) is 20.9 Å². The maximum Gasteiger partial charge on any atom is 0.328 e. The van der Waals surface area contributed by atoms with E-state index in [-0.39, 0.29) is 48.7 Å².